The van der Waals surface area contributed by atoms with Gasteiger partial charge in [0.2, 0.25) is 10.0 Å². The minimum atomic E-state index is -3.73. The van der Waals surface area contributed by atoms with Crippen LogP contribution in [0.15, 0.2) is 41.3 Å². The summed E-state index contributed by atoms with van der Waals surface area (Å²) in [5.41, 5.74) is 0.496. The van der Waals surface area contributed by atoms with Gasteiger partial charge >= 0.3 is 0 Å². The number of carbonyl (C=O) groups excluding carboxylic acids is 1. The van der Waals surface area contributed by atoms with Gasteiger partial charge in [-0.25, -0.2) is 13.1 Å². The standard InChI is InChI=1S/C19H23ClN2O7S/c1-26-9-8-21-30(24,25)14-5-7-16(15(20)11-14)29-12-19(23)22-13-4-6-17(27-2)18(10-13)28-3/h4-7,10-11,21H,8-9,12H2,1-3H3,(H,22,23). The fraction of sp³-hybridized carbons (Fsp3) is 0.316. The third-order valence-electron chi connectivity index (χ3n) is 3.84. The molecule has 1 amide bonds. The molecule has 0 heterocycles. The highest BCUT2D eigenvalue weighted by molar-refractivity contribution is 7.89. The fourth-order valence-corrected chi connectivity index (χ4v) is 3.72. The first kappa shape index (κ1) is 23.7. The second-order valence-corrected chi connectivity index (χ2v) is 8.06. The smallest absolute Gasteiger partial charge is 0.262 e. The lowest BCUT2D eigenvalue weighted by Crippen LogP contribution is -2.27. The number of amides is 1. The van der Waals surface area contributed by atoms with Crippen LogP contribution < -0.4 is 24.2 Å². The van der Waals surface area contributed by atoms with Crippen LogP contribution >= 0.6 is 11.6 Å². The Morgan fingerprint density at radius 1 is 1.00 bits per heavy atom. The topological polar surface area (TPSA) is 112 Å². The van der Waals surface area contributed by atoms with Crippen LogP contribution in [0.5, 0.6) is 17.2 Å². The molecule has 0 aliphatic carbocycles. The summed E-state index contributed by atoms with van der Waals surface area (Å²) in [4.78, 5) is 12.1. The molecule has 164 valence electrons. The molecule has 0 aliphatic heterocycles. The van der Waals surface area contributed by atoms with E-state index in [0.29, 0.717) is 17.2 Å². The largest absolute Gasteiger partial charge is 0.493 e. The number of nitrogens with one attached hydrogen (secondary N) is 2. The Kier molecular flexibility index (Phi) is 8.72. The average Bonchev–Trinajstić information content (AvgIpc) is 2.72. The van der Waals surface area contributed by atoms with E-state index >= 15 is 0 Å². The minimum Gasteiger partial charge on any atom is -0.493 e. The van der Waals surface area contributed by atoms with Crippen molar-refractivity contribution in [1.29, 1.82) is 0 Å². The first-order valence-electron chi connectivity index (χ1n) is 8.73. The highest BCUT2D eigenvalue weighted by atomic mass is 35.5. The zero-order valence-corrected chi connectivity index (χ0v) is 18.3. The number of hydrogen-bond acceptors (Lipinski definition) is 7. The summed E-state index contributed by atoms with van der Waals surface area (Å²) in [6.45, 7) is 0.0423. The lowest BCUT2D eigenvalue weighted by Gasteiger charge is -2.12. The lowest BCUT2D eigenvalue weighted by molar-refractivity contribution is -0.118. The van der Waals surface area contributed by atoms with Gasteiger partial charge in [-0.3, -0.25) is 4.79 Å². The molecular weight excluding hydrogens is 436 g/mol. The van der Waals surface area contributed by atoms with Gasteiger partial charge in [0.05, 0.1) is 30.7 Å². The van der Waals surface area contributed by atoms with E-state index in [4.69, 9.17) is 30.5 Å². The maximum Gasteiger partial charge on any atom is 0.262 e. The molecule has 0 unspecified atom stereocenters. The van der Waals surface area contributed by atoms with Gasteiger partial charge in [0.1, 0.15) is 5.75 Å². The van der Waals surface area contributed by atoms with E-state index < -0.39 is 15.9 Å². The molecule has 0 spiro atoms. The monoisotopic (exact) mass is 458 g/mol. The molecule has 0 saturated heterocycles. The van der Waals surface area contributed by atoms with Crippen LogP contribution in [0.4, 0.5) is 5.69 Å². The summed E-state index contributed by atoms with van der Waals surface area (Å²) in [7, 11) is 0.749. The molecule has 0 aromatic heterocycles. The number of methoxy groups -OCH3 is 3. The molecule has 0 bridgehead atoms. The molecule has 2 rings (SSSR count). The first-order chi connectivity index (χ1) is 14.3. The summed E-state index contributed by atoms with van der Waals surface area (Å²) in [6.07, 6.45) is 0. The number of ether oxygens (including phenoxy) is 4. The summed E-state index contributed by atoms with van der Waals surface area (Å²) in [5, 5.41) is 2.72. The van der Waals surface area contributed by atoms with E-state index in [0.717, 1.165) is 0 Å². The van der Waals surface area contributed by atoms with E-state index in [1.807, 2.05) is 0 Å². The predicted molar refractivity (Wildman–Crippen MR) is 112 cm³/mol. The Hall–Kier alpha value is -2.53. The van der Waals surface area contributed by atoms with Gasteiger partial charge in [-0.1, -0.05) is 11.6 Å². The Morgan fingerprint density at radius 3 is 2.33 bits per heavy atom. The van der Waals surface area contributed by atoms with Gasteiger partial charge in [-0.2, -0.15) is 0 Å². The van der Waals surface area contributed by atoms with Crippen LogP contribution in [0.3, 0.4) is 0 Å². The average molecular weight is 459 g/mol. The molecule has 0 saturated carbocycles. The zero-order valence-electron chi connectivity index (χ0n) is 16.7. The predicted octanol–water partition coefficient (Wildman–Crippen LogP) is 2.30. The minimum absolute atomic E-state index is 0.0225. The third kappa shape index (κ3) is 6.49. The Labute approximate surface area is 180 Å². The van der Waals surface area contributed by atoms with Gasteiger partial charge in [-0.15, -0.1) is 0 Å². The Bertz CT molecular complexity index is 983. The molecule has 0 atom stereocenters. The normalized spacial score (nSPS) is 11.1. The summed E-state index contributed by atoms with van der Waals surface area (Å²) in [6, 6.07) is 8.90. The van der Waals surface area contributed by atoms with Gasteiger partial charge in [0.15, 0.2) is 18.1 Å². The Balaban J connectivity index is 1.98. The van der Waals surface area contributed by atoms with E-state index in [9.17, 15) is 13.2 Å². The number of hydrogen-bond donors (Lipinski definition) is 2. The molecule has 11 heteroatoms. The molecular formula is C19H23ClN2O7S. The number of anilines is 1. The second-order valence-electron chi connectivity index (χ2n) is 5.89. The fourth-order valence-electron chi connectivity index (χ4n) is 2.38. The maximum atomic E-state index is 12.2. The van der Waals surface area contributed by atoms with Crippen LogP contribution in [0.25, 0.3) is 0 Å². The van der Waals surface area contributed by atoms with E-state index in [1.165, 1.54) is 39.5 Å². The highest BCUT2D eigenvalue weighted by Crippen LogP contribution is 2.30. The molecule has 0 radical (unpaired) electrons. The molecule has 0 fully saturated rings. The third-order valence-corrected chi connectivity index (χ3v) is 5.59. The summed E-state index contributed by atoms with van der Waals surface area (Å²) >= 11 is 6.11. The van der Waals surface area contributed by atoms with E-state index in [1.54, 1.807) is 18.2 Å². The van der Waals surface area contributed by atoms with Crippen molar-refractivity contribution in [2.75, 3.05) is 46.4 Å². The van der Waals surface area contributed by atoms with Crippen molar-refractivity contribution < 1.29 is 32.2 Å². The molecule has 0 aliphatic rings. The van der Waals surface area contributed by atoms with Crippen LogP contribution in [-0.2, 0) is 19.6 Å². The van der Waals surface area contributed by atoms with Crippen LogP contribution in [-0.4, -0.2) is 55.4 Å². The van der Waals surface area contributed by atoms with Crippen molar-refractivity contribution in [3.8, 4) is 17.2 Å². The first-order valence-corrected chi connectivity index (χ1v) is 10.6. The number of carbonyl (C=O) groups is 1. The van der Waals surface area contributed by atoms with Crippen molar-refractivity contribution >= 4 is 33.2 Å². The van der Waals surface area contributed by atoms with Crippen molar-refractivity contribution in [3.05, 3.63) is 41.4 Å². The van der Waals surface area contributed by atoms with Crippen molar-refractivity contribution in [2.45, 2.75) is 4.90 Å². The number of benzene rings is 2. The second kappa shape index (κ2) is 11.0. The number of rotatable bonds is 11. The quantitative estimate of drug-likeness (QED) is 0.497. The molecule has 30 heavy (non-hydrogen) atoms. The number of halogens is 1. The van der Waals surface area contributed by atoms with E-state index in [2.05, 4.69) is 10.0 Å². The molecule has 9 nitrogen and oxygen atoms in total. The van der Waals surface area contributed by atoms with Crippen molar-refractivity contribution in [2.24, 2.45) is 0 Å². The van der Waals surface area contributed by atoms with Crippen LogP contribution in [0.1, 0.15) is 0 Å². The summed E-state index contributed by atoms with van der Waals surface area (Å²) < 4.78 is 47.3. The van der Waals surface area contributed by atoms with Gasteiger partial charge in [0.25, 0.3) is 5.91 Å². The summed E-state index contributed by atoms with van der Waals surface area (Å²) in [5.74, 6) is 0.742. The van der Waals surface area contributed by atoms with Crippen LogP contribution in [0.2, 0.25) is 5.02 Å². The zero-order chi connectivity index (χ0) is 22.1. The van der Waals surface area contributed by atoms with Gasteiger partial charge in [0, 0.05) is 25.4 Å². The SMILES string of the molecule is COCCNS(=O)(=O)c1ccc(OCC(=O)Nc2ccc(OC)c(OC)c2)c(Cl)c1. The Morgan fingerprint density at radius 2 is 1.70 bits per heavy atom. The number of sulfonamides is 1. The highest BCUT2D eigenvalue weighted by Gasteiger charge is 2.16. The molecule has 2 N–H and O–H groups in total. The molecule has 2 aromatic rings. The maximum absolute atomic E-state index is 12.2. The van der Waals surface area contributed by atoms with Crippen LogP contribution in [0, 0.1) is 0 Å². The molecule has 2 aromatic carbocycles. The van der Waals surface area contributed by atoms with Gasteiger partial charge in [-0.05, 0) is 30.3 Å². The van der Waals surface area contributed by atoms with Crippen molar-refractivity contribution in [1.82, 2.24) is 4.72 Å². The lowest BCUT2D eigenvalue weighted by atomic mass is 10.2. The van der Waals surface area contributed by atoms with Crippen molar-refractivity contribution in [3.63, 3.8) is 0 Å². The van der Waals surface area contributed by atoms with Gasteiger partial charge < -0.3 is 24.3 Å². The van der Waals surface area contributed by atoms with E-state index in [-0.39, 0.29) is 35.4 Å².